The zero-order valence-electron chi connectivity index (χ0n) is 9.48. The van der Waals surface area contributed by atoms with Gasteiger partial charge in [0, 0.05) is 11.3 Å². The number of hydrogen-bond donors (Lipinski definition) is 0. The smallest absolute Gasteiger partial charge is 0.162 e. The molecule has 0 unspecified atom stereocenters. The van der Waals surface area contributed by atoms with Gasteiger partial charge in [0.05, 0.1) is 5.25 Å². The number of benzene rings is 1. The van der Waals surface area contributed by atoms with Crippen LogP contribution in [0.25, 0.3) is 0 Å². The summed E-state index contributed by atoms with van der Waals surface area (Å²) in [6.07, 6.45) is 2.77. The van der Waals surface area contributed by atoms with Crippen LogP contribution in [0.3, 0.4) is 0 Å². The molecule has 1 aromatic carbocycles. The van der Waals surface area contributed by atoms with E-state index in [1.165, 1.54) is 0 Å². The number of thioether (sulfide) groups is 1. The first kappa shape index (κ1) is 11.0. The molecule has 1 aliphatic heterocycles. The molecular formula is C13H14O3S. The number of carbonyl (C=O) groups is 1. The van der Waals surface area contributed by atoms with Crippen molar-refractivity contribution in [3.8, 4) is 11.5 Å². The van der Waals surface area contributed by atoms with Gasteiger partial charge in [-0.2, -0.15) is 0 Å². The van der Waals surface area contributed by atoms with Crippen LogP contribution in [0.15, 0.2) is 23.1 Å². The van der Waals surface area contributed by atoms with Crippen molar-refractivity contribution in [3.05, 3.63) is 18.2 Å². The minimum Gasteiger partial charge on any atom is -0.486 e. The summed E-state index contributed by atoms with van der Waals surface area (Å²) in [6.45, 7) is 1.21. The van der Waals surface area contributed by atoms with Crippen LogP contribution in [-0.2, 0) is 4.79 Å². The van der Waals surface area contributed by atoms with E-state index in [-0.39, 0.29) is 5.25 Å². The third kappa shape index (κ3) is 2.27. The molecule has 3 rings (SSSR count). The maximum atomic E-state index is 11.6. The van der Waals surface area contributed by atoms with Crippen LogP contribution in [0, 0.1) is 0 Å². The second-order valence-electron chi connectivity index (χ2n) is 4.27. The predicted molar refractivity (Wildman–Crippen MR) is 65.9 cm³/mol. The van der Waals surface area contributed by atoms with Gasteiger partial charge in [0.25, 0.3) is 0 Å². The standard InChI is InChI=1S/C13H14O3S/c14-10-2-1-3-13(10)17-9-4-5-11-12(8-9)16-7-6-15-11/h4-5,8,13H,1-3,6-7H2/t13-/m0/s1. The van der Waals surface area contributed by atoms with Gasteiger partial charge in [0.1, 0.15) is 19.0 Å². The largest absolute Gasteiger partial charge is 0.486 e. The Morgan fingerprint density at radius 1 is 1.18 bits per heavy atom. The Hall–Kier alpha value is -1.16. The molecule has 1 heterocycles. The van der Waals surface area contributed by atoms with Gasteiger partial charge in [-0.25, -0.2) is 0 Å². The van der Waals surface area contributed by atoms with Gasteiger partial charge in [-0.3, -0.25) is 4.79 Å². The van der Waals surface area contributed by atoms with Gasteiger partial charge in [-0.1, -0.05) is 0 Å². The van der Waals surface area contributed by atoms with Crippen LogP contribution in [0.5, 0.6) is 11.5 Å². The third-order valence-electron chi connectivity index (χ3n) is 3.04. The Morgan fingerprint density at radius 2 is 2.00 bits per heavy atom. The van der Waals surface area contributed by atoms with E-state index in [1.807, 2.05) is 18.2 Å². The summed E-state index contributed by atoms with van der Waals surface area (Å²) in [5.74, 6) is 1.98. The second-order valence-corrected chi connectivity index (χ2v) is 5.55. The number of fused-ring (bicyclic) bond motifs is 1. The van der Waals surface area contributed by atoms with Crippen molar-refractivity contribution in [1.82, 2.24) is 0 Å². The van der Waals surface area contributed by atoms with E-state index in [9.17, 15) is 4.79 Å². The van der Waals surface area contributed by atoms with E-state index >= 15 is 0 Å². The molecule has 0 spiro atoms. The maximum Gasteiger partial charge on any atom is 0.162 e. The first-order valence-corrected chi connectivity index (χ1v) is 6.80. The van der Waals surface area contributed by atoms with E-state index < -0.39 is 0 Å². The lowest BCUT2D eigenvalue weighted by Crippen LogP contribution is -2.15. The molecule has 2 aliphatic rings. The molecule has 4 heteroatoms. The van der Waals surface area contributed by atoms with Gasteiger partial charge in [0.2, 0.25) is 0 Å². The summed E-state index contributed by atoms with van der Waals surface area (Å²) in [4.78, 5) is 12.7. The van der Waals surface area contributed by atoms with Crippen molar-refractivity contribution in [1.29, 1.82) is 0 Å². The van der Waals surface area contributed by atoms with Crippen molar-refractivity contribution in [2.45, 2.75) is 29.4 Å². The molecule has 0 bridgehead atoms. The lowest BCUT2D eigenvalue weighted by atomic mass is 10.3. The number of Topliss-reactive ketones (excluding diaryl/α,β-unsaturated/α-hetero) is 1. The van der Waals surface area contributed by atoms with Crippen molar-refractivity contribution >= 4 is 17.5 Å². The Kier molecular flexibility index (Phi) is 2.97. The minimum atomic E-state index is 0.137. The van der Waals surface area contributed by atoms with Crippen LogP contribution >= 0.6 is 11.8 Å². The second kappa shape index (κ2) is 4.61. The molecule has 0 saturated heterocycles. The fourth-order valence-electron chi connectivity index (χ4n) is 2.17. The summed E-state index contributed by atoms with van der Waals surface area (Å²) in [5.41, 5.74) is 0. The molecule has 1 aliphatic carbocycles. The van der Waals surface area contributed by atoms with Crippen LogP contribution in [0.4, 0.5) is 0 Å². The molecule has 90 valence electrons. The van der Waals surface area contributed by atoms with E-state index in [1.54, 1.807) is 11.8 Å². The molecule has 0 aromatic heterocycles. The molecule has 0 amide bonds. The molecule has 3 nitrogen and oxygen atoms in total. The number of hydrogen-bond acceptors (Lipinski definition) is 4. The molecule has 1 saturated carbocycles. The highest BCUT2D eigenvalue weighted by molar-refractivity contribution is 8.00. The fraction of sp³-hybridized carbons (Fsp3) is 0.462. The number of ketones is 1. The highest BCUT2D eigenvalue weighted by Gasteiger charge is 2.25. The van der Waals surface area contributed by atoms with E-state index in [0.717, 1.165) is 35.7 Å². The van der Waals surface area contributed by atoms with Crippen molar-refractivity contribution < 1.29 is 14.3 Å². The van der Waals surface area contributed by atoms with Gasteiger partial charge < -0.3 is 9.47 Å². The monoisotopic (exact) mass is 250 g/mol. The summed E-state index contributed by atoms with van der Waals surface area (Å²) in [7, 11) is 0. The lowest BCUT2D eigenvalue weighted by molar-refractivity contribution is -0.116. The van der Waals surface area contributed by atoms with E-state index in [4.69, 9.17) is 9.47 Å². The van der Waals surface area contributed by atoms with Crippen molar-refractivity contribution in [2.75, 3.05) is 13.2 Å². The number of carbonyl (C=O) groups excluding carboxylic acids is 1. The Labute approximate surface area is 104 Å². The predicted octanol–water partition coefficient (Wildman–Crippen LogP) is 2.67. The normalized spacial score (nSPS) is 22.8. The van der Waals surface area contributed by atoms with Crippen LogP contribution < -0.4 is 9.47 Å². The molecule has 1 atom stereocenters. The van der Waals surface area contributed by atoms with Crippen LogP contribution in [0.1, 0.15) is 19.3 Å². The topological polar surface area (TPSA) is 35.5 Å². The maximum absolute atomic E-state index is 11.6. The van der Waals surface area contributed by atoms with Crippen molar-refractivity contribution in [3.63, 3.8) is 0 Å². The van der Waals surface area contributed by atoms with Gasteiger partial charge in [-0.15, -0.1) is 11.8 Å². The summed E-state index contributed by atoms with van der Waals surface area (Å²) in [5, 5.41) is 0.137. The highest BCUT2D eigenvalue weighted by atomic mass is 32.2. The first-order valence-electron chi connectivity index (χ1n) is 5.92. The fourth-order valence-corrected chi connectivity index (χ4v) is 3.35. The third-order valence-corrected chi connectivity index (χ3v) is 4.35. The first-order chi connectivity index (χ1) is 8.33. The quantitative estimate of drug-likeness (QED) is 0.808. The van der Waals surface area contributed by atoms with E-state index in [2.05, 4.69) is 0 Å². The van der Waals surface area contributed by atoms with Crippen molar-refractivity contribution in [2.24, 2.45) is 0 Å². The summed E-state index contributed by atoms with van der Waals surface area (Å²) in [6, 6.07) is 5.91. The molecule has 1 aromatic rings. The molecule has 17 heavy (non-hydrogen) atoms. The number of ether oxygens (including phenoxy) is 2. The lowest BCUT2D eigenvalue weighted by Gasteiger charge is -2.19. The average Bonchev–Trinajstić information content (AvgIpc) is 2.75. The zero-order chi connectivity index (χ0) is 11.7. The molecular weight excluding hydrogens is 236 g/mol. The zero-order valence-corrected chi connectivity index (χ0v) is 10.3. The highest BCUT2D eigenvalue weighted by Crippen LogP contribution is 2.38. The van der Waals surface area contributed by atoms with Gasteiger partial charge in [-0.05, 0) is 31.0 Å². The van der Waals surface area contributed by atoms with Gasteiger partial charge in [0.15, 0.2) is 11.5 Å². The SMILES string of the molecule is O=C1CCC[C@@H]1Sc1ccc2c(c1)OCCO2. The molecule has 0 N–H and O–H groups in total. The minimum absolute atomic E-state index is 0.137. The summed E-state index contributed by atoms with van der Waals surface area (Å²) < 4.78 is 11.0. The average molecular weight is 250 g/mol. The Morgan fingerprint density at radius 3 is 2.76 bits per heavy atom. The summed E-state index contributed by atoms with van der Waals surface area (Å²) >= 11 is 1.65. The molecule has 1 fully saturated rings. The van der Waals surface area contributed by atoms with Gasteiger partial charge >= 0.3 is 0 Å². The Balaban J connectivity index is 1.77. The number of rotatable bonds is 2. The van der Waals surface area contributed by atoms with E-state index in [0.29, 0.717) is 19.0 Å². The van der Waals surface area contributed by atoms with Crippen LogP contribution in [-0.4, -0.2) is 24.2 Å². The Bertz CT molecular complexity index is 444. The van der Waals surface area contributed by atoms with Crippen LogP contribution in [0.2, 0.25) is 0 Å². The molecule has 0 radical (unpaired) electrons.